The van der Waals surface area contributed by atoms with Crippen LogP contribution in [0.4, 0.5) is 0 Å². The van der Waals surface area contributed by atoms with Crippen LogP contribution in [0.25, 0.3) is 0 Å². The van der Waals surface area contributed by atoms with E-state index in [4.69, 9.17) is 4.74 Å². The number of fused-ring (bicyclic) bond motifs is 1. The summed E-state index contributed by atoms with van der Waals surface area (Å²) in [5.41, 5.74) is -0.293. The van der Waals surface area contributed by atoms with Gasteiger partial charge in [-0.15, -0.1) is 12.4 Å². The minimum Gasteiger partial charge on any atom is -0.468 e. The van der Waals surface area contributed by atoms with E-state index in [1.165, 1.54) is 7.11 Å². The topological polar surface area (TPSA) is 38.3 Å². The number of nitrogens with one attached hydrogen (secondary N) is 1. The van der Waals surface area contributed by atoms with Gasteiger partial charge in [-0.25, -0.2) is 0 Å². The first-order valence-electron chi connectivity index (χ1n) is 4.04. The Morgan fingerprint density at radius 1 is 1.58 bits per heavy atom. The summed E-state index contributed by atoms with van der Waals surface area (Å²) in [6.07, 6.45) is 1.95. The molecule has 1 unspecified atom stereocenters. The molecule has 2 aliphatic heterocycles. The number of hydrogen-bond acceptors (Lipinski definition) is 3. The minimum absolute atomic E-state index is 0. The summed E-state index contributed by atoms with van der Waals surface area (Å²) >= 11 is 0. The molecule has 1 atom stereocenters. The van der Waals surface area contributed by atoms with Gasteiger partial charge in [-0.3, -0.25) is 10.1 Å². The third-order valence-electron chi connectivity index (χ3n) is 3.01. The molecule has 0 aromatic carbocycles. The summed E-state index contributed by atoms with van der Waals surface area (Å²) in [6, 6.07) is 0.495. The van der Waals surface area contributed by atoms with Crippen molar-refractivity contribution in [1.29, 1.82) is 0 Å². The van der Waals surface area contributed by atoms with E-state index in [1.807, 2.05) is 0 Å². The number of esters is 1. The summed E-state index contributed by atoms with van der Waals surface area (Å²) < 4.78 is 4.72. The van der Waals surface area contributed by atoms with Gasteiger partial charge in [0.15, 0.2) is 0 Å². The fourth-order valence-electron chi connectivity index (χ4n) is 2.28. The molecular formula is C8H14ClNO2. The van der Waals surface area contributed by atoms with Gasteiger partial charge in [0.2, 0.25) is 0 Å². The lowest BCUT2D eigenvalue weighted by atomic mass is 9.72. The highest BCUT2D eigenvalue weighted by atomic mass is 35.5. The number of hydrogen-bond donors (Lipinski definition) is 1. The van der Waals surface area contributed by atoms with Crippen LogP contribution < -0.4 is 5.32 Å². The quantitative estimate of drug-likeness (QED) is 0.621. The highest BCUT2D eigenvalue weighted by Crippen LogP contribution is 2.47. The zero-order chi connectivity index (χ0) is 8.06. The van der Waals surface area contributed by atoms with Crippen molar-refractivity contribution >= 4 is 18.4 Å². The second kappa shape index (κ2) is 2.89. The second-order valence-corrected chi connectivity index (χ2v) is 3.68. The summed E-state index contributed by atoms with van der Waals surface area (Å²) in [7, 11) is 1.45. The summed E-state index contributed by atoms with van der Waals surface area (Å²) in [5, 5.41) is 3.28. The fourth-order valence-corrected chi connectivity index (χ4v) is 2.28. The second-order valence-electron chi connectivity index (χ2n) is 3.68. The van der Waals surface area contributed by atoms with Gasteiger partial charge in [0, 0.05) is 6.04 Å². The average molecular weight is 192 g/mol. The minimum atomic E-state index is -0.293. The third kappa shape index (κ3) is 1.04. The third-order valence-corrected chi connectivity index (χ3v) is 3.01. The number of carbonyl (C=O) groups excluding carboxylic acids is 1. The van der Waals surface area contributed by atoms with Gasteiger partial charge >= 0.3 is 5.97 Å². The molecular weight excluding hydrogens is 178 g/mol. The Balaban J connectivity index is 0.000000720. The molecule has 3 aliphatic rings. The molecule has 0 amide bonds. The molecule has 0 aromatic rings. The van der Waals surface area contributed by atoms with Crippen LogP contribution in [0.2, 0.25) is 0 Å². The standard InChI is InChI=1S/C8H13NO2.ClH/c1-5-6-3-8(4-6,9-5)7(10)11-2;/h5-6,9H,3-4H2,1-2H3;1H. The maximum atomic E-state index is 11.2. The van der Waals surface area contributed by atoms with Crippen LogP contribution in [0.1, 0.15) is 19.8 Å². The highest BCUT2D eigenvalue weighted by Gasteiger charge is 2.59. The number of carbonyl (C=O) groups is 1. The van der Waals surface area contributed by atoms with Crippen molar-refractivity contribution in [3.8, 4) is 0 Å². The maximum absolute atomic E-state index is 11.2. The Bertz CT molecular complexity index is 201. The smallest absolute Gasteiger partial charge is 0.326 e. The average Bonchev–Trinajstić information content (AvgIpc) is 2.38. The van der Waals surface area contributed by atoms with Crippen molar-refractivity contribution in [2.75, 3.05) is 7.11 Å². The van der Waals surface area contributed by atoms with Crippen molar-refractivity contribution < 1.29 is 9.53 Å². The lowest BCUT2D eigenvalue weighted by Gasteiger charge is -2.34. The van der Waals surface area contributed by atoms with Crippen LogP contribution in [-0.4, -0.2) is 24.7 Å². The SMILES string of the molecule is COC(=O)C12CC(C1)C(C)N2.Cl. The van der Waals surface area contributed by atoms with Crippen LogP contribution in [-0.2, 0) is 9.53 Å². The Kier molecular flexibility index (Phi) is 2.36. The van der Waals surface area contributed by atoms with Crippen LogP contribution in [0.3, 0.4) is 0 Å². The molecule has 2 saturated heterocycles. The molecule has 3 nitrogen and oxygen atoms in total. The molecule has 2 heterocycles. The van der Waals surface area contributed by atoms with Crippen molar-refractivity contribution in [3.05, 3.63) is 0 Å². The lowest BCUT2D eigenvalue weighted by Crippen LogP contribution is -2.51. The van der Waals surface area contributed by atoms with E-state index >= 15 is 0 Å². The summed E-state index contributed by atoms with van der Waals surface area (Å²) in [4.78, 5) is 11.2. The first-order chi connectivity index (χ1) is 5.18. The Morgan fingerprint density at radius 3 is 2.50 bits per heavy atom. The van der Waals surface area contributed by atoms with Crippen molar-refractivity contribution in [3.63, 3.8) is 0 Å². The molecule has 0 aromatic heterocycles. The maximum Gasteiger partial charge on any atom is 0.326 e. The Hall–Kier alpha value is -0.280. The molecule has 0 radical (unpaired) electrons. The fraction of sp³-hybridized carbons (Fsp3) is 0.875. The van der Waals surface area contributed by atoms with E-state index < -0.39 is 0 Å². The molecule has 0 spiro atoms. The van der Waals surface area contributed by atoms with Gasteiger partial charge in [0.25, 0.3) is 0 Å². The summed E-state index contributed by atoms with van der Waals surface area (Å²) in [6.45, 7) is 2.13. The van der Waals surface area contributed by atoms with E-state index in [0.717, 1.165) is 12.8 Å². The van der Waals surface area contributed by atoms with Crippen molar-refractivity contribution in [2.24, 2.45) is 5.92 Å². The Morgan fingerprint density at radius 2 is 2.17 bits per heavy atom. The van der Waals surface area contributed by atoms with Gasteiger partial charge in [-0.05, 0) is 25.7 Å². The van der Waals surface area contributed by atoms with Crippen molar-refractivity contribution in [2.45, 2.75) is 31.3 Å². The molecule has 12 heavy (non-hydrogen) atoms. The monoisotopic (exact) mass is 191 g/mol. The molecule has 70 valence electrons. The zero-order valence-electron chi connectivity index (χ0n) is 7.29. The summed E-state index contributed by atoms with van der Waals surface area (Å²) in [5.74, 6) is 0.618. The first kappa shape index (κ1) is 9.81. The number of methoxy groups -OCH3 is 1. The normalized spacial score (nSPS) is 42.8. The molecule has 1 N–H and O–H groups in total. The molecule has 2 bridgehead atoms. The molecule has 1 aliphatic carbocycles. The van der Waals surface area contributed by atoms with Crippen LogP contribution >= 0.6 is 12.4 Å². The van der Waals surface area contributed by atoms with Gasteiger partial charge in [-0.1, -0.05) is 0 Å². The van der Waals surface area contributed by atoms with E-state index in [2.05, 4.69) is 12.2 Å². The molecule has 1 saturated carbocycles. The number of rotatable bonds is 1. The van der Waals surface area contributed by atoms with E-state index in [-0.39, 0.29) is 23.9 Å². The zero-order valence-corrected chi connectivity index (χ0v) is 8.11. The largest absolute Gasteiger partial charge is 0.468 e. The van der Waals surface area contributed by atoms with Gasteiger partial charge in [0.05, 0.1) is 7.11 Å². The van der Waals surface area contributed by atoms with Crippen molar-refractivity contribution in [1.82, 2.24) is 5.32 Å². The number of halogens is 1. The molecule has 3 rings (SSSR count). The van der Waals surface area contributed by atoms with Crippen LogP contribution in [0, 0.1) is 5.92 Å². The number of ether oxygens (including phenoxy) is 1. The van der Waals surface area contributed by atoms with E-state index in [1.54, 1.807) is 0 Å². The molecule has 4 heteroatoms. The van der Waals surface area contributed by atoms with Gasteiger partial charge in [-0.2, -0.15) is 0 Å². The predicted octanol–water partition coefficient (Wildman–Crippen LogP) is 0.722. The first-order valence-corrected chi connectivity index (χ1v) is 4.04. The van der Waals surface area contributed by atoms with Crippen LogP contribution in [0.15, 0.2) is 0 Å². The van der Waals surface area contributed by atoms with Crippen LogP contribution in [0.5, 0.6) is 0 Å². The highest BCUT2D eigenvalue weighted by molar-refractivity contribution is 5.85. The predicted molar refractivity (Wildman–Crippen MR) is 47.3 cm³/mol. The van der Waals surface area contributed by atoms with E-state index in [0.29, 0.717) is 12.0 Å². The van der Waals surface area contributed by atoms with Gasteiger partial charge in [0.1, 0.15) is 5.54 Å². The van der Waals surface area contributed by atoms with E-state index in [9.17, 15) is 4.79 Å². The Labute approximate surface area is 78.3 Å². The molecule has 3 fully saturated rings. The lowest BCUT2D eigenvalue weighted by molar-refractivity contribution is -0.150. The van der Waals surface area contributed by atoms with Gasteiger partial charge < -0.3 is 4.74 Å².